The molecule has 3 aromatic rings. The molecule has 8 nitrogen and oxygen atoms in total. The number of sulfonamides is 1. The van der Waals surface area contributed by atoms with Gasteiger partial charge in [-0.3, -0.25) is 9.10 Å². The highest BCUT2D eigenvalue weighted by Crippen LogP contribution is 2.46. The maximum Gasteiger partial charge on any atom is 0.270 e. The zero-order valence-corrected chi connectivity index (χ0v) is 20.7. The Hall–Kier alpha value is -2.62. The van der Waals surface area contributed by atoms with Crippen molar-refractivity contribution in [1.82, 2.24) is 15.1 Å². The second-order valence-electron chi connectivity index (χ2n) is 8.95. The highest BCUT2D eigenvalue weighted by molar-refractivity contribution is 7.92. The van der Waals surface area contributed by atoms with Crippen LogP contribution in [0, 0.1) is 0 Å². The van der Waals surface area contributed by atoms with Crippen LogP contribution in [0.15, 0.2) is 36.4 Å². The second kappa shape index (κ2) is 8.87. The minimum absolute atomic E-state index is 0.247. The number of hydrogen-bond donors (Lipinski definition) is 1. The minimum atomic E-state index is -3.51. The fourth-order valence-corrected chi connectivity index (χ4v) is 5.45. The Morgan fingerprint density at radius 3 is 2.56 bits per heavy atom. The molecule has 34 heavy (non-hydrogen) atoms. The molecule has 1 atom stereocenters. The van der Waals surface area contributed by atoms with Crippen LogP contribution in [0.25, 0.3) is 16.6 Å². The lowest BCUT2D eigenvalue weighted by Gasteiger charge is -2.25. The van der Waals surface area contributed by atoms with E-state index in [0.717, 1.165) is 31.4 Å². The van der Waals surface area contributed by atoms with Gasteiger partial charge in [0.2, 0.25) is 10.0 Å². The van der Waals surface area contributed by atoms with Crippen LogP contribution in [0.5, 0.6) is 0 Å². The number of aromatic nitrogens is 2. The van der Waals surface area contributed by atoms with Gasteiger partial charge in [0.15, 0.2) is 0 Å². The number of amides is 1. The predicted octanol–water partition coefficient (Wildman–Crippen LogP) is 3.86. The van der Waals surface area contributed by atoms with Crippen molar-refractivity contribution in [3.05, 3.63) is 52.7 Å². The summed E-state index contributed by atoms with van der Waals surface area (Å²) in [7, 11) is -1.93. The maximum atomic E-state index is 12.9. The maximum absolute atomic E-state index is 12.9. The zero-order valence-electron chi connectivity index (χ0n) is 19.1. The molecule has 180 valence electrons. The number of rotatable bonds is 9. The smallest absolute Gasteiger partial charge is 0.270 e. The molecule has 0 radical (unpaired) electrons. The van der Waals surface area contributed by atoms with Crippen LogP contribution in [0.2, 0.25) is 5.02 Å². The van der Waals surface area contributed by atoms with Gasteiger partial charge in [0.25, 0.3) is 5.91 Å². The summed E-state index contributed by atoms with van der Waals surface area (Å²) in [5, 5.41) is 8.70. The first kappa shape index (κ1) is 23.1. The van der Waals surface area contributed by atoms with E-state index >= 15 is 0 Å². The molecule has 1 aromatic heterocycles. The van der Waals surface area contributed by atoms with Gasteiger partial charge in [-0.1, -0.05) is 11.6 Å². The summed E-state index contributed by atoms with van der Waals surface area (Å²) >= 11 is 6.05. The van der Waals surface area contributed by atoms with Gasteiger partial charge in [0.1, 0.15) is 5.69 Å². The number of hydrogen-bond acceptors (Lipinski definition) is 5. The van der Waals surface area contributed by atoms with Crippen LogP contribution >= 0.6 is 11.6 Å². The van der Waals surface area contributed by atoms with Crippen molar-refractivity contribution in [3.63, 3.8) is 0 Å². The number of nitrogens with one attached hydrogen (secondary N) is 1. The SMILES string of the molecule is CNC(=O)c1c2cc(C3CC3)c(N(CCCC3CO3)S(C)(=O)=O)cc2nn1-c1ccc(Cl)cc1. The first-order valence-corrected chi connectivity index (χ1v) is 13.6. The Balaban J connectivity index is 1.66. The fourth-order valence-electron chi connectivity index (χ4n) is 4.34. The number of ether oxygens (including phenoxy) is 1. The molecular weight excluding hydrogens is 476 g/mol. The van der Waals surface area contributed by atoms with Gasteiger partial charge in [-0.15, -0.1) is 0 Å². The van der Waals surface area contributed by atoms with Crippen molar-refractivity contribution in [2.75, 3.05) is 30.8 Å². The molecule has 2 fully saturated rings. The summed E-state index contributed by atoms with van der Waals surface area (Å²) < 4.78 is 34.0. The molecule has 0 bridgehead atoms. The van der Waals surface area contributed by atoms with Crippen LogP contribution in [-0.2, 0) is 14.8 Å². The summed E-state index contributed by atoms with van der Waals surface area (Å²) in [6.45, 7) is 1.13. The number of halogens is 1. The first-order chi connectivity index (χ1) is 16.3. The lowest BCUT2D eigenvalue weighted by molar-refractivity contribution is 0.0957. The molecule has 2 heterocycles. The quantitative estimate of drug-likeness (QED) is 0.448. The number of anilines is 1. The van der Waals surface area contributed by atoms with E-state index in [0.29, 0.717) is 46.0 Å². The Morgan fingerprint density at radius 1 is 1.26 bits per heavy atom. The topological polar surface area (TPSA) is 96.8 Å². The predicted molar refractivity (Wildman–Crippen MR) is 133 cm³/mol. The molecule has 1 saturated carbocycles. The van der Waals surface area contributed by atoms with E-state index in [1.807, 2.05) is 12.1 Å². The molecule has 1 N–H and O–H groups in total. The van der Waals surface area contributed by atoms with Crippen LogP contribution in [-0.4, -0.2) is 56.7 Å². The molecule has 1 unspecified atom stereocenters. The largest absolute Gasteiger partial charge is 0.373 e. The molecule has 0 spiro atoms. The highest BCUT2D eigenvalue weighted by Gasteiger charge is 2.33. The van der Waals surface area contributed by atoms with E-state index < -0.39 is 10.0 Å². The van der Waals surface area contributed by atoms with Gasteiger partial charge in [-0.25, -0.2) is 13.1 Å². The molecule has 1 amide bonds. The molecule has 1 aliphatic heterocycles. The number of carbonyl (C=O) groups excluding carboxylic acids is 1. The first-order valence-electron chi connectivity index (χ1n) is 11.4. The van der Waals surface area contributed by atoms with Gasteiger partial charge in [-0.2, -0.15) is 5.10 Å². The van der Waals surface area contributed by atoms with E-state index in [4.69, 9.17) is 21.4 Å². The van der Waals surface area contributed by atoms with E-state index in [1.165, 1.54) is 10.6 Å². The van der Waals surface area contributed by atoms with Crippen LogP contribution in [0.1, 0.15) is 47.7 Å². The Morgan fingerprint density at radius 2 is 1.97 bits per heavy atom. The van der Waals surface area contributed by atoms with Crippen LogP contribution in [0.4, 0.5) is 5.69 Å². The van der Waals surface area contributed by atoms with Crippen molar-refractivity contribution >= 4 is 44.1 Å². The molecule has 10 heteroatoms. The zero-order chi connectivity index (χ0) is 24.0. The standard InChI is InChI=1S/C24H27ClN4O4S/c1-26-24(30)23-20-12-19(15-5-6-15)22(28(34(2,31)32)11-3-4-18-14-33-18)13-21(20)27-29(23)17-9-7-16(25)8-10-17/h7-10,12-13,15,18H,3-6,11,14H2,1-2H3,(H,26,30). The van der Waals surface area contributed by atoms with E-state index in [-0.39, 0.29) is 17.9 Å². The monoisotopic (exact) mass is 502 g/mol. The van der Waals surface area contributed by atoms with Crippen LogP contribution in [0.3, 0.4) is 0 Å². The van der Waals surface area contributed by atoms with E-state index in [2.05, 4.69) is 5.32 Å². The normalized spacial score (nSPS) is 17.7. The molecule has 1 saturated heterocycles. The molecule has 2 aromatic carbocycles. The third kappa shape index (κ3) is 4.64. The molecule has 5 rings (SSSR count). The van der Waals surface area contributed by atoms with Crippen molar-refractivity contribution in [3.8, 4) is 5.69 Å². The fraction of sp³-hybridized carbons (Fsp3) is 0.417. The molecule has 2 aliphatic rings. The lowest BCUT2D eigenvalue weighted by Crippen LogP contribution is -2.32. The van der Waals surface area contributed by atoms with E-state index in [9.17, 15) is 13.2 Å². The summed E-state index contributed by atoms with van der Waals surface area (Å²) in [5.74, 6) is 0.00295. The molecular formula is C24H27ClN4O4S. The Labute approximate surface area is 203 Å². The lowest BCUT2D eigenvalue weighted by atomic mass is 10.0. The number of carbonyl (C=O) groups is 1. The summed E-state index contributed by atoms with van der Waals surface area (Å²) in [5.41, 5.74) is 3.26. The minimum Gasteiger partial charge on any atom is -0.373 e. The second-order valence-corrected chi connectivity index (χ2v) is 11.3. The number of fused-ring (bicyclic) bond motifs is 1. The number of benzene rings is 2. The van der Waals surface area contributed by atoms with Crippen molar-refractivity contribution in [2.24, 2.45) is 0 Å². The Kier molecular flexibility index (Phi) is 6.03. The van der Waals surface area contributed by atoms with Crippen LogP contribution < -0.4 is 9.62 Å². The third-order valence-electron chi connectivity index (χ3n) is 6.31. The highest BCUT2D eigenvalue weighted by atomic mass is 35.5. The summed E-state index contributed by atoms with van der Waals surface area (Å²) in [6.07, 6.45) is 5.02. The average molecular weight is 503 g/mol. The number of nitrogens with zero attached hydrogens (tertiary/aromatic N) is 3. The summed E-state index contributed by atoms with van der Waals surface area (Å²) in [4.78, 5) is 12.9. The van der Waals surface area contributed by atoms with E-state index in [1.54, 1.807) is 36.0 Å². The third-order valence-corrected chi connectivity index (χ3v) is 7.74. The van der Waals surface area contributed by atoms with Gasteiger partial charge < -0.3 is 10.1 Å². The van der Waals surface area contributed by atoms with Gasteiger partial charge in [0, 0.05) is 24.0 Å². The summed E-state index contributed by atoms with van der Waals surface area (Å²) in [6, 6.07) is 10.9. The van der Waals surface area contributed by atoms with Crippen molar-refractivity contribution in [2.45, 2.75) is 37.7 Å². The van der Waals surface area contributed by atoms with Crippen molar-refractivity contribution < 1.29 is 17.9 Å². The molecule has 1 aliphatic carbocycles. The van der Waals surface area contributed by atoms with Gasteiger partial charge in [-0.05, 0) is 73.6 Å². The van der Waals surface area contributed by atoms with Gasteiger partial charge in [0.05, 0.1) is 35.9 Å². The Bertz CT molecular complexity index is 1350. The average Bonchev–Trinajstić information content (AvgIpc) is 3.72. The van der Waals surface area contributed by atoms with Gasteiger partial charge >= 0.3 is 0 Å². The van der Waals surface area contributed by atoms with Crippen molar-refractivity contribution in [1.29, 1.82) is 0 Å². The number of epoxide rings is 1.